The highest BCUT2D eigenvalue weighted by Crippen LogP contribution is 2.04. The molecule has 1 heterocycles. The summed E-state index contributed by atoms with van der Waals surface area (Å²) in [5.41, 5.74) is 0. The van der Waals surface area contributed by atoms with E-state index < -0.39 is 0 Å². The molecule has 0 atom stereocenters. The highest BCUT2D eigenvalue weighted by Gasteiger charge is 2.18. The van der Waals surface area contributed by atoms with Crippen LogP contribution in [0.3, 0.4) is 0 Å². The third kappa shape index (κ3) is 1.15. The predicted molar refractivity (Wildman–Crippen MR) is 42.5 cm³/mol. The van der Waals surface area contributed by atoms with E-state index in [0.717, 1.165) is 24.7 Å². The molecule has 3 heteroatoms. The molecule has 0 bridgehead atoms. The molecule has 0 spiro atoms. The van der Waals surface area contributed by atoms with Crippen molar-refractivity contribution in [2.24, 2.45) is 0 Å². The van der Waals surface area contributed by atoms with Gasteiger partial charge < -0.3 is 9.80 Å². The largest absolute Gasteiger partial charge is 0.350 e. The second-order valence-corrected chi connectivity index (χ2v) is 2.65. The molecule has 0 radical (unpaired) electrons. The Hall–Kier alpha value is -0.310. The van der Waals surface area contributed by atoms with Crippen LogP contribution in [0.25, 0.3) is 0 Å². The normalized spacial score (nSPS) is 19.6. The second kappa shape index (κ2) is 2.52. The zero-order chi connectivity index (χ0) is 6.85. The molecule has 0 N–H and O–H groups in total. The van der Waals surface area contributed by atoms with Gasteiger partial charge in [-0.1, -0.05) is 0 Å². The van der Waals surface area contributed by atoms with Crippen LogP contribution in [0.4, 0.5) is 0 Å². The van der Waals surface area contributed by atoms with E-state index >= 15 is 0 Å². The lowest BCUT2D eigenvalue weighted by Gasteiger charge is -2.15. The Balaban J connectivity index is 2.51. The molecule has 1 saturated heterocycles. The van der Waals surface area contributed by atoms with Gasteiger partial charge in [0.1, 0.15) is 0 Å². The SMILES string of the molecule is CCN1CCN(C)C1=S. The van der Waals surface area contributed by atoms with E-state index in [-0.39, 0.29) is 0 Å². The Kier molecular flexibility index (Phi) is 1.90. The molecule has 0 aromatic heterocycles. The number of hydrogen-bond donors (Lipinski definition) is 0. The molecular weight excluding hydrogens is 132 g/mol. The molecule has 0 saturated carbocycles. The second-order valence-electron chi connectivity index (χ2n) is 2.28. The summed E-state index contributed by atoms with van der Waals surface area (Å²) in [6.07, 6.45) is 0. The summed E-state index contributed by atoms with van der Waals surface area (Å²) in [5.74, 6) is 0. The van der Waals surface area contributed by atoms with Crippen molar-refractivity contribution in [3.05, 3.63) is 0 Å². The molecule has 9 heavy (non-hydrogen) atoms. The van der Waals surface area contributed by atoms with Crippen LogP contribution in [-0.4, -0.2) is 41.6 Å². The van der Waals surface area contributed by atoms with Crippen molar-refractivity contribution in [3.63, 3.8) is 0 Å². The molecule has 0 unspecified atom stereocenters. The van der Waals surface area contributed by atoms with Gasteiger partial charge in [0.25, 0.3) is 0 Å². The smallest absolute Gasteiger partial charge is 0.171 e. The van der Waals surface area contributed by atoms with Gasteiger partial charge in [-0.25, -0.2) is 0 Å². The van der Waals surface area contributed by atoms with Crippen molar-refractivity contribution >= 4 is 17.3 Å². The third-order valence-electron chi connectivity index (χ3n) is 1.68. The summed E-state index contributed by atoms with van der Waals surface area (Å²) >= 11 is 5.11. The minimum atomic E-state index is 0.998. The van der Waals surface area contributed by atoms with Crippen molar-refractivity contribution in [1.82, 2.24) is 9.80 Å². The Morgan fingerprint density at radius 3 is 2.44 bits per heavy atom. The Bertz CT molecular complexity index is 124. The highest BCUT2D eigenvalue weighted by atomic mass is 32.1. The molecule has 1 aliphatic rings. The molecule has 1 aliphatic heterocycles. The highest BCUT2D eigenvalue weighted by molar-refractivity contribution is 7.80. The summed E-state index contributed by atoms with van der Waals surface area (Å²) < 4.78 is 0. The summed E-state index contributed by atoms with van der Waals surface area (Å²) in [4.78, 5) is 4.31. The maximum Gasteiger partial charge on any atom is 0.171 e. The fourth-order valence-corrected chi connectivity index (χ4v) is 1.31. The Labute approximate surface area is 61.4 Å². The lowest BCUT2D eigenvalue weighted by atomic mass is 10.6. The number of nitrogens with zero attached hydrogens (tertiary/aromatic N) is 2. The minimum Gasteiger partial charge on any atom is -0.350 e. The van der Waals surface area contributed by atoms with Crippen molar-refractivity contribution in [2.45, 2.75) is 6.92 Å². The first-order chi connectivity index (χ1) is 4.25. The lowest BCUT2D eigenvalue weighted by Crippen LogP contribution is -2.28. The zero-order valence-electron chi connectivity index (χ0n) is 5.92. The van der Waals surface area contributed by atoms with Crippen molar-refractivity contribution in [3.8, 4) is 0 Å². The fraction of sp³-hybridized carbons (Fsp3) is 0.833. The van der Waals surface area contributed by atoms with Gasteiger partial charge in [-0.3, -0.25) is 0 Å². The van der Waals surface area contributed by atoms with E-state index in [2.05, 4.69) is 16.7 Å². The van der Waals surface area contributed by atoms with Crippen LogP contribution >= 0.6 is 12.2 Å². The van der Waals surface area contributed by atoms with Gasteiger partial charge in [-0.15, -0.1) is 0 Å². The van der Waals surface area contributed by atoms with Gasteiger partial charge in [0.15, 0.2) is 5.11 Å². The summed E-state index contributed by atoms with van der Waals surface area (Å²) in [6.45, 7) is 5.37. The average molecular weight is 144 g/mol. The fourth-order valence-electron chi connectivity index (χ4n) is 0.997. The first-order valence-electron chi connectivity index (χ1n) is 3.25. The van der Waals surface area contributed by atoms with Gasteiger partial charge in [0, 0.05) is 26.7 Å². The van der Waals surface area contributed by atoms with Gasteiger partial charge in [0.2, 0.25) is 0 Å². The van der Waals surface area contributed by atoms with Crippen molar-refractivity contribution in [1.29, 1.82) is 0 Å². The Morgan fingerprint density at radius 1 is 1.56 bits per heavy atom. The molecule has 0 amide bonds. The van der Waals surface area contributed by atoms with Crippen LogP contribution in [0, 0.1) is 0 Å². The van der Waals surface area contributed by atoms with Crippen molar-refractivity contribution in [2.75, 3.05) is 26.7 Å². The molecule has 1 fully saturated rings. The zero-order valence-corrected chi connectivity index (χ0v) is 6.74. The summed E-state index contributed by atoms with van der Waals surface area (Å²) in [5, 5.41) is 0.998. The van der Waals surface area contributed by atoms with Gasteiger partial charge in [-0.05, 0) is 19.1 Å². The molecule has 0 aromatic rings. The molecule has 0 aliphatic carbocycles. The first-order valence-corrected chi connectivity index (χ1v) is 3.66. The number of likely N-dealkylation sites (N-methyl/N-ethyl adjacent to an activating group) is 2. The maximum absolute atomic E-state index is 5.11. The number of hydrogen-bond acceptors (Lipinski definition) is 1. The first kappa shape index (κ1) is 6.81. The van der Waals surface area contributed by atoms with Crippen LogP contribution < -0.4 is 0 Å². The quantitative estimate of drug-likeness (QED) is 0.496. The topological polar surface area (TPSA) is 6.48 Å². The van der Waals surface area contributed by atoms with E-state index in [1.165, 1.54) is 0 Å². The van der Waals surface area contributed by atoms with E-state index in [4.69, 9.17) is 12.2 Å². The molecule has 0 aromatic carbocycles. The van der Waals surface area contributed by atoms with Crippen molar-refractivity contribution < 1.29 is 0 Å². The van der Waals surface area contributed by atoms with Gasteiger partial charge in [-0.2, -0.15) is 0 Å². The van der Waals surface area contributed by atoms with E-state index in [1.54, 1.807) is 0 Å². The monoisotopic (exact) mass is 144 g/mol. The van der Waals surface area contributed by atoms with Crippen LogP contribution in [0.5, 0.6) is 0 Å². The van der Waals surface area contributed by atoms with E-state index in [9.17, 15) is 0 Å². The standard InChI is InChI=1S/C6H12N2S/c1-3-8-5-4-7(2)6(8)9/h3-5H2,1-2H3. The summed E-state index contributed by atoms with van der Waals surface area (Å²) in [7, 11) is 2.04. The van der Waals surface area contributed by atoms with E-state index in [0.29, 0.717) is 0 Å². The van der Waals surface area contributed by atoms with Crippen LogP contribution in [-0.2, 0) is 0 Å². The maximum atomic E-state index is 5.11. The van der Waals surface area contributed by atoms with Gasteiger partial charge >= 0.3 is 0 Å². The molecule has 2 nitrogen and oxygen atoms in total. The third-order valence-corrected chi connectivity index (χ3v) is 2.25. The van der Waals surface area contributed by atoms with Gasteiger partial charge in [0.05, 0.1) is 0 Å². The van der Waals surface area contributed by atoms with Crippen LogP contribution in [0.2, 0.25) is 0 Å². The lowest BCUT2D eigenvalue weighted by molar-refractivity contribution is 0.494. The van der Waals surface area contributed by atoms with E-state index in [1.807, 2.05) is 7.05 Å². The number of rotatable bonds is 1. The molecule has 1 rings (SSSR count). The number of thiocarbonyl (C=S) groups is 1. The average Bonchev–Trinajstić information content (AvgIpc) is 2.15. The molecular formula is C6H12N2S. The molecule has 52 valence electrons. The minimum absolute atomic E-state index is 0.998. The van der Waals surface area contributed by atoms with Crippen LogP contribution in [0.15, 0.2) is 0 Å². The predicted octanol–water partition coefficient (Wildman–Crippen LogP) is 0.539. The Morgan fingerprint density at radius 2 is 2.22 bits per heavy atom. The van der Waals surface area contributed by atoms with Crippen LogP contribution in [0.1, 0.15) is 6.92 Å². The summed E-state index contributed by atoms with van der Waals surface area (Å²) in [6, 6.07) is 0.